The summed E-state index contributed by atoms with van der Waals surface area (Å²) in [5.74, 6) is 1.71. The van der Waals surface area contributed by atoms with Crippen molar-refractivity contribution in [1.82, 2.24) is 5.32 Å². The van der Waals surface area contributed by atoms with Crippen LogP contribution in [0.15, 0.2) is 5.38 Å². The predicted molar refractivity (Wildman–Crippen MR) is 72.4 cm³/mol. The molecule has 1 fully saturated rings. The smallest absolute Gasteiger partial charge is 0.00832 e. The van der Waals surface area contributed by atoms with Crippen LogP contribution in [0.2, 0.25) is 0 Å². The minimum atomic E-state index is 0.658. The Morgan fingerprint density at radius 3 is 2.88 bits per heavy atom. The second kappa shape index (κ2) is 5.33. The van der Waals surface area contributed by atoms with Crippen molar-refractivity contribution in [1.29, 1.82) is 0 Å². The standard InChI is InChI=1S/C14H23NS/c1-10(8-15-3)14-11(2)9-16-13(14)7-6-12-4-5-12/h9-10,12,15H,4-8H2,1-3H3/t10-/m0/s1. The summed E-state index contributed by atoms with van der Waals surface area (Å²) in [6, 6.07) is 0. The van der Waals surface area contributed by atoms with Crippen molar-refractivity contribution in [2.24, 2.45) is 5.92 Å². The molecule has 0 aromatic carbocycles. The summed E-state index contributed by atoms with van der Waals surface area (Å²) in [7, 11) is 2.04. The van der Waals surface area contributed by atoms with Gasteiger partial charge in [0.15, 0.2) is 0 Å². The van der Waals surface area contributed by atoms with Gasteiger partial charge in [-0.05, 0) is 55.2 Å². The first kappa shape index (κ1) is 12.1. The van der Waals surface area contributed by atoms with Crippen molar-refractivity contribution < 1.29 is 0 Å². The van der Waals surface area contributed by atoms with Crippen LogP contribution in [0.5, 0.6) is 0 Å². The van der Waals surface area contributed by atoms with E-state index in [1.54, 1.807) is 10.4 Å². The lowest BCUT2D eigenvalue weighted by molar-refractivity contribution is 0.662. The molecular formula is C14H23NS. The second-order valence-corrected chi connectivity index (χ2v) is 6.16. The first-order valence-corrected chi connectivity index (χ1v) is 7.31. The third-order valence-corrected chi connectivity index (χ3v) is 4.76. The average molecular weight is 237 g/mol. The van der Waals surface area contributed by atoms with Crippen LogP contribution in [-0.4, -0.2) is 13.6 Å². The van der Waals surface area contributed by atoms with Crippen LogP contribution in [0, 0.1) is 12.8 Å². The monoisotopic (exact) mass is 237 g/mol. The SMILES string of the molecule is CNC[C@H](C)c1c(C)csc1CCC1CC1. The molecule has 0 amide bonds. The molecule has 2 rings (SSSR count). The summed E-state index contributed by atoms with van der Waals surface area (Å²) in [6.45, 7) is 5.69. The molecule has 0 bridgehead atoms. The van der Waals surface area contributed by atoms with E-state index in [9.17, 15) is 0 Å². The quantitative estimate of drug-likeness (QED) is 0.795. The highest BCUT2D eigenvalue weighted by Crippen LogP contribution is 2.36. The van der Waals surface area contributed by atoms with E-state index < -0.39 is 0 Å². The molecule has 1 atom stereocenters. The summed E-state index contributed by atoms with van der Waals surface area (Å²) < 4.78 is 0. The molecule has 0 spiro atoms. The molecule has 90 valence electrons. The maximum Gasteiger partial charge on any atom is 0.00832 e. The minimum absolute atomic E-state index is 0.658. The summed E-state index contributed by atoms with van der Waals surface area (Å²) in [6.07, 6.45) is 5.68. The molecule has 1 nitrogen and oxygen atoms in total. The van der Waals surface area contributed by atoms with Gasteiger partial charge in [-0.2, -0.15) is 0 Å². The number of rotatable bonds is 6. The number of aryl methyl sites for hydroxylation is 2. The Hall–Kier alpha value is -0.340. The van der Waals surface area contributed by atoms with E-state index in [0.29, 0.717) is 5.92 Å². The van der Waals surface area contributed by atoms with Crippen molar-refractivity contribution in [3.05, 3.63) is 21.4 Å². The van der Waals surface area contributed by atoms with Gasteiger partial charge in [-0.1, -0.05) is 19.8 Å². The van der Waals surface area contributed by atoms with Crippen LogP contribution in [0.1, 0.15) is 48.1 Å². The molecular weight excluding hydrogens is 214 g/mol. The zero-order valence-corrected chi connectivity index (χ0v) is 11.5. The van der Waals surface area contributed by atoms with Gasteiger partial charge in [-0.15, -0.1) is 11.3 Å². The van der Waals surface area contributed by atoms with E-state index in [0.717, 1.165) is 12.5 Å². The second-order valence-electron chi connectivity index (χ2n) is 5.20. The zero-order chi connectivity index (χ0) is 11.5. The minimum Gasteiger partial charge on any atom is -0.319 e. The van der Waals surface area contributed by atoms with Gasteiger partial charge in [0.25, 0.3) is 0 Å². The number of nitrogens with one attached hydrogen (secondary N) is 1. The molecule has 1 aromatic heterocycles. The van der Waals surface area contributed by atoms with Crippen LogP contribution in [-0.2, 0) is 6.42 Å². The number of hydrogen-bond acceptors (Lipinski definition) is 2. The largest absolute Gasteiger partial charge is 0.319 e. The lowest BCUT2D eigenvalue weighted by Gasteiger charge is -2.14. The number of hydrogen-bond donors (Lipinski definition) is 1. The molecule has 1 heterocycles. The average Bonchev–Trinajstić information content (AvgIpc) is 3.00. The van der Waals surface area contributed by atoms with Crippen molar-refractivity contribution >= 4 is 11.3 Å². The van der Waals surface area contributed by atoms with Crippen molar-refractivity contribution in [2.75, 3.05) is 13.6 Å². The molecule has 1 saturated carbocycles. The van der Waals surface area contributed by atoms with E-state index in [2.05, 4.69) is 24.5 Å². The van der Waals surface area contributed by atoms with E-state index in [1.807, 2.05) is 18.4 Å². The summed E-state index contributed by atoms with van der Waals surface area (Å²) >= 11 is 1.97. The zero-order valence-electron chi connectivity index (χ0n) is 10.7. The van der Waals surface area contributed by atoms with Gasteiger partial charge < -0.3 is 5.32 Å². The molecule has 1 aliphatic rings. The fraction of sp³-hybridized carbons (Fsp3) is 0.714. The molecule has 1 aliphatic carbocycles. The lowest BCUT2D eigenvalue weighted by atomic mass is 9.96. The fourth-order valence-corrected chi connectivity index (χ4v) is 3.68. The molecule has 0 saturated heterocycles. The summed E-state index contributed by atoms with van der Waals surface area (Å²) in [4.78, 5) is 1.65. The molecule has 0 unspecified atom stereocenters. The summed E-state index contributed by atoms with van der Waals surface area (Å²) in [5.41, 5.74) is 3.12. The van der Waals surface area contributed by atoms with Gasteiger partial charge >= 0.3 is 0 Å². The van der Waals surface area contributed by atoms with Crippen molar-refractivity contribution in [3.63, 3.8) is 0 Å². The highest BCUT2D eigenvalue weighted by molar-refractivity contribution is 7.10. The molecule has 2 heteroatoms. The summed E-state index contributed by atoms with van der Waals surface area (Å²) in [5, 5.41) is 5.63. The van der Waals surface area contributed by atoms with Gasteiger partial charge in [0.1, 0.15) is 0 Å². The van der Waals surface area contributed by atoms with E-state index in [-0.39, 0.29) is 0 Å². The molecule has 0 aliphatic heterocycles. The van der Waals surface area contributed by atoms with Gasteiger partial charge in [-0.3, -0.25) is 0 Å². The van der Waals surface area contributed by atoms with Crippen LogP contribution in [0.4, 0.5) is 0 Å². The van der Waals surface area contributed by atoms with Crippen LogP contribution >= 0.6 is 11.3 Å². The maximum atomic E-state index is 3.29. The first-order chi connectivity index (χ1) is 7.72. The Kier molecular flexibility index (Phi) is 4.04. The van der Waals surface area contributed by atoms with Gasteiger partial charge in [0, 0.05) is 11.4 Å². The maximum absolute atomic E-state index is 3.29. The van der Waals surface area contributed by atoms with Crippen LogP contribution < -0.4 is 5.32 Å². The van der Waals surface area contributed by atoms with E-state index in [1.165, 1.54) is 31.2 Å². The molecule has 1 N–H and O–H groups in total. The van der Waals surface area contributed by atoms with Crippen LogP contribution in [0.25, 0.3) is 0 Å². The third-order valence-electron chi connectivity index (χ3n) is 3.58. The Balaban J connectivity index is 2.04. The number of likely N-dealkylation sites (N-methyl/N-ethyl adjacent to an activating group) is 1. The van der Waals surface area contributed by atoms with E-state index >= 15 is 0 Å². The highest BCUT2D eigenvalue weighted by atomic mass is 32.1. The Morgan fingerprint density at radius 2 is 2.25 bits per heavy atom. The molecule has 0 radical (unpaired) electrons. The van der Waals surface area contributed by atoms with Crippen molar-refractivity contribution in [3.8, 4) is 0 Å². The Bertz CT molecular complexity index is 339. The number of thiophene rings is 1. The van der Waals surface area contributed by atoms with Crippen LogP contribution in [0.3, 0.4) is 0 Å². The predicted octanol–water partition coefficient (Wildman–Crippen LogP) is 3.72. The Morgan fingerprint density at radius 1 is 1.50 bits per heavy atom. The molecule has 1 aromatic rings. The topological polar surface area (TPSA) is 12.0 Å². The lowest BCUT2D eigenvalue weighted by Crippen LogP contribution is -2.15. The fourth-order valence-electron chi connectivity index (χ4n) is 2.51. The highest BCUT2D eigenvalue weighted by Gasteiger charge is 2.22. The molecule has 16 heavy (non-hydrogen) atoms. The van der Waals surface area contributed by atoms with E-state index in [4.69, 9.17) is 0 Å². The van der Waals surface area contributed by atoms with Crippen molar-refractivity contribution in [2.45, 2.75) is 45.4 Å². The Labute approximate surface area is 103 Å². The van der Waals surface area contributed by atoms with Gasteiger partial charge in [0.2, 0.25) is 0 Å². The normalized spacial score (nSPS) is 17.7. The van der Waals surface area contributed by atoms with Gasteiger partial charge in [0.05, 0.1) is 0 Å². The van der Waals surface area contributed by atoms with Gasteiger partial charge in [-0.25, -0.2) is 0 Å². The first-order valence-electron chi connectivity index (χ1n) is 6.43. The third kappa shape index (κ3) is 2.86.